The molecule has 1 aliphatic rings. The lowest BCUT2D eigenvalue weighted by atomic mass is 10.1. The number of hydrogen-bond acceptors (Lipinski definition) is 5. The molecule has 3 rings (SSSR count). The van der Waals surface area contributed by atoms with Crippen molar-refractivity contribution in [3.63, 3.8) is 0 Å². The number of hydrogen-bond donors (Lipinski definition) is 2. The normalized spacial score (nSPS) is 15.8. The van der Waals surface area contributed by atoms with Gasteiger partial charge in [0.2, 0.25) is 15.9 Å². The van der Waals surface area contributed by atoms with Crippen molar-refractivity contribution in [2.45, 2.75) is 31.2 Å². The molecule has 2 amide bonds. The molecule has 31 heavy (non-hydrogen) atoms. The topological polar surface area (TPSA) is 105 Å². The van der Waals surface area contributed by atoms with E-state index in [-0.39, 0.29) is 28.3 Å². The molecule has 8 nitrogen and oxygen atoms in total. The molecule has 1 aliphatic heterocycles. The third-order valence-corrected chi connectivity index (χ3v) is 6.96. The maximum absolute atomic E-state index is 12.8. The van der Waals surface area contributed by atoms with Crippen LogP contribution >= 0.6 is 0 Å². The standard InChI is InChI=1S/C22H27N3O5S/c1-3-21(26)24-19-9-7-17(8-10-19)16(2)23-22(27)18-5-4-6-20(15-18)31(28,29)25-11-13-30-14-12-25/h4-10,15-16H,3,11-14H2,1-2H3,(H,23,27)(H,24,26). The summed E-state index contributed by atoms with van der Waals surface area (Å²) in [5.74, 6) is -0.434. The van der Waals surface area contributed by atoms with Gasteiger partial charge in [-0.1, -0.05) is 25.1 Å². The van der Waals surface area contributed by atoms with E-state index in [1.54, 1.807) is 31.2 Å². The van der Waals surface area contributed by atoms with E-state index < -0.39 is 10.0 Å². The summed E-state index contributed by atoms with van der Waals surface area (Å²) in [4.78, 5) is 24.3. The second-order valence-corrected chi connectivity index (χ2v) is 9.20. The Kier molecular flexibility index (Phi) is 7.42. The third-order valence-electron chi connectivity index (χ3n) is 5.07. The minimum atomic E-state index is -3.68. The molecule has 0 saturated carbocycles. The van der Waals surface area contributed by atoms with Gasteiger partial charge in [0.15, 0.2) is 0 Å². The lowest BCUT2D eigenvalue weighted by Gasteiger charge is -2.26. The van der Waals surface area contributed by atoms with E-state index >= 15 is 0 Å². The zero-order valence-corrected chi connectivity index (χ0v) is 18.4. The van der Waals surface area contributed by atoms with Gasteiger partial charge in [0.1, 0.15) is 0 Å². The van der Waals surface area contributed by atoms with E-state index in [0.29, 0.717) is 38.4 Å². The van der Waals surface area contributed by atoms with Crippen LogP contribution in [0.4, 0.5) is 5.69 Å². The Balaban J connectivity index is 1.69. The van der Waals surface area contributed by atoms with Crippen molar-refractivity contribution in [1.29, 1.82) is 0 Å². The highest BCUT2D eigenvalue weighted by Crippen LogP contribution is 2.20. The Hall–Kier alpha value is -2.75. The lowest BCUT2D eigenvalue weighted by molar-refractivity contribution is -0.115. The first-order chi connectivity index (χ1) is 14.8. The van der Waals surface area contributed by atoms with Crippen molar-refractivity contribution in [3.8, 4) is 0 Å². The molecule has 0 radical (unpaired) electrons. The molecule has 0 spiro atoms. The van der Waals surface area contributed by atoms with Crippen molar-refractivity contribution in [2.24, 2.45) is 0 Å². The summed E-state index contributed by atoms with van der Waals surface area (Å²) in [6, 6.07) is 13.0. The first-order valence-corrected chi connectivity index (χ1v) is 11.6. The Morgan fingerprint density at radius 2 is 1.77 bits per heavy atom. The van der Waals surface area contributed by atoms with Crippen LogP contribution in [0.5, 0.6) is 0 Å². The fourth-order valence-electron chi connectivity index (χ4n) is 3.20. The van der Waals surface area contributed by atoms with Crippen LogP contribution in [0.1, 0.15) is 42.2 Å². The number of benzene rings is 2. The molecule has 0 aliphatic carbocycles. The zero-order valence-electron chi connectivity index (χ0n) is 17.6. The second-order valence-electron chi connectivity index (χ2n) is 7.26. The smallest absolute Gasteiger partial charge is 0.251 e. The molecule has 1 fully saturated rings. The maximum Gasteiger partial charge on any atom is 0.251 e. The number of nitrogens with one attached hydrogen (secondary N) is 2. The highest BCUT2D eigenvalue weighted by molar-refractivity contribution is 7.89. The third kappa shape index (κ3) is 5.69. The lowest BCUT2D eigenvalue weighted by Crippen LogP contribution is -2.40. The van der Waals surface area contributed by atoms with E-state index in [2.05, 4.69) is 10.6 Å². The molecular weight excluding hydrogens is 418 g/mol. The number of ether oxygens (including phenoxy) is 1. The molecular formula is C22H27N3O5S. The highest BCUT2D eigenvalue weighted by atomic mass is 32.2. The minimum Gasteiger partial charge on any atom is -0.379 e. The van der Waals surface area contributed by atoms with Gasteiger partial charge in [-0.2, -0.15) is 4.31 Å². The van der Waals surface area contributed by atoms with Crippen molar-refractivity contribution in [3.05, 3.63) is 59.7 Å². The summed E-state index contributed by atoms with van der Waals surface area (Å²) in [5.41, 5.74) is 1.82. The minimum absolute atomic E-state index is 0.0685. The molecule has 1 unspecified atom stereocenters. The Bertz CT molecular complexity index is 1030. The van der Waals surface area contributed by atoms with Crippen LogP contribution in [0.3, 0.4) is 0 Å². The molecule has 1 saturated heterocycles. The average Bonchev–Trinajstić information content (AvgIpc) is 2.80. The van der Waals surface area contributed by atoms with Gasteiger partial charge in [-0.05, 0) is 42.8 Å². The van der Waals surface area contributed by atoms with E-state index in [9.17, 15) is 18.0 Å². The number of amides is 2. The second kappa shape index (κ2) is 10.0. The van der Waals surface area contributed by atoms with Crippen LogP contribution in [0, 0.1) is 0 Å². The van der Waals surface area contributed by atoms with Crippen LogP contribution in [-0.2, 0) is 19.6 Å². The summed E-state index contributed by atoms with van der Waals surface area (Å²) in [5, 5.41) is 5.66. The van der Waals surface area contributed by atoms with Crippen LogP contribution in [0.25, 0.3) is 0 Å². The number of sulfonamides is 1. The zero-order chi connectivity index (χ0) is 22.4. The molecule has 1 atom stereocenters. The number of nitrogens with zero attached hydrogens (tertiary/aromatic N) is 1. The molecule has 166 valence electrons. The molecule has 0 aromatic heterocycles. The molecule has 1 heterocycles. The molecule has 2 aromatic carbocycles. The summed E-state index contributed by atoms with van der Waals surface area (Å²) in [6.07, 6.45) is 0.397. The highest BCUT2D eigenvalue weighted by Gasteiger charge is 2.27. The van der Waals surface area contributed by atoms with Gasteiger partial charge < -0.3 is 15.4 Å². The number of morpholine rings is 1. The van der Waals surface area contributed by atoms with Gasteiger partial charge in [0.25, 0.3) is 5.91 Å². The molecule has 0 bridgehead atoms. The number of carbonyl (C=O) groups excluding carboxylic acids is 2. The monoisotopic (exact) mass is 445 g/mol. The largest absolute Gasteiger partial charge is 0.379 e. The molecule has 9 heteroatoms. The maximum atomic E-state index is 12.8. The van der Waals surface area contributed by atoms with Crippen molar-refractivity contribution in [2.75, 3.05) is 31.6 Å². The average molecular weight is 446 g/mol. The SMILES string of the molecule is CCC(=O)Nc1ccc(C(C)NC(=O)c2cccc(S(=O)(=O)N3CCOCC3)c2)cc1. The predicted octanol–water partition coefficient (Wildman–Crippen LogP) is 2.55. The van der Waals surface area contributed by atoms with E-state index in [0.717, 1.165) is 5.56 Å². The van der Waals surface area contributed by atoms with Gasteiger partial charge in [-0.3, -0.25) is 9.59 Å². The van der Waals surface area contributed by atoms with E-state index in [4.69, 9.17) is 4.74 Å². The van der Waals surface area contributed by atoms with E-state index in [1.807, 2.05) is 19.1 Å². The fraction of sp³-hybridized carbons (Fsp3) is 0.364. The predicted molar refractivity (Wildman–Crippen MR) is 117 cm³/mol. The van der Waals surface area contributed by atoms with Crippen LogP contribution in [-0.4, -0.2) is 50.8 Å². The molecule has 2 aromatic rings. The summed E-state index contributed by atoms with van der Waals surface area (Å²) >= 11 is 0. The van der Waals surface area contributed by atoms with Gasteiger partial charge in [-0.15, -0.1) is 0 Å². The van der Waals surface area contributed by atoms with Gasteiger partial charge in [0, 0.05) is 30.8 Å². The number of rotatable bonds is 7. The first kappa shape index (κ1) is 22.9. The van der Waals surface area contributed by atoms with Crippen LogP contribution < -0.4 is 10.6 Å². The summed E-state index contributed by atoms with van der Waals surface area (Å²) in [6.45, 7) is 4.93. The number of anilines is 1. The van der Waals surface area contributed by atoms with Crippen molar-refractivity contribution in [1.82, 2.24) is 9.62 Å². The van der Waals surface area contributed by atoms with E-state index in [1.165, 1.54) is 16.4 Å². The number of carbonyl (C=O) groups is 2. The summed E-state index contributed by atoms with van der Waals surface area (Å²) < 4.78 is 32.3. The summed E-state index contributed by atoms with van der Waals surface area (Å²) in [7, 11) is -3.68. The Morgan fingerprint density at radius 1 is 1.10 bits per heavy atom. The molecule has 2 N–H and O–H groups in total. The van der Waals surface area contributed by atoms with Crippen molar-refractivity contribution >= 4 is 27.5 Å². The van der Waals surface area contributed by atoms with Gasteiger partial charge in [0.05, 0.1) is 24.2 Å². The Morgan fingerprint density at radius 3 is 2.42 bits per heavy atom. The van der Waals surface area contributed by atoms with Gasteiger partial charge >= 0.3 is 0 Å². The van der Waals surface area contributed by atoms with Gasteiger partial charge in [-0.25, -0.2) is 8.42 Å². The quantitative estimate of drug-likeness (QED) is 0.682. The van der Waals surface area contributed by atoms with Crippen LogP contribution in [0.15, 0.2) is 53.4 Å². The first-order valence-electron chi connectivity index (χ1n) is 10.2. The van der Waals surface area contributed by atoms with Crippen LogP contribution in [0.2, 0.25) is 0 Å². The Labute approximate surface area is 182 Å². The van der Waals surface area contributed by atoms with Crippen molar-refractivity contribution < 1.29 is 22.7 Å². The fourth-order valence-corrected chi connectivity index (χ4v) is 4.66.